The van der Waals surface area contributed by atoms with Gasteiger partial charge in [0.1, 0.15) is 12.6 Å². The van der Waals surface area contributed by atoms with Crippen molar-refractivity contribution in [3.8, 4) is 0 Å². The second-order valence-corrected chi connectivity index (χ2v) is 10.1. The van der Waals surface area contributed by atoms with Gasteiger partial charge in [-0.25, -0.2) is 9.59 Å². The third-order valence-electron chi connectivity index (χ3n) is 5.80. The van der Waals surface area contributed by atoms with Gasteiger partial charge < -0.3 is 18.5 Å². The molecule has 4 rings (SSSR count). The number of amides is 1. The van der Waals surface area contributed by atoms with E-state index in [4.69, 9.17) is 18.5 Å². The Morgan fingerprint density at radius 2 is 1.37 bits per heavy atom. The zero-order valence-corrected chi connectivity index (χ0v) is 20.2. The number of carbonyl (C=O) groups excluding carboxylic acids is 2. The van der Waals surface area contributed by atoms with Gasteiger partial charge in [-0.15, -0.1) is 0 Å². The zero-order chi connectivity index (χ0) is 24.8. The third kappa shape index (κ3) is 5.15. The van der Waals surface area contributed by atoms with Crippen molar-refractivity contribution < 1.29 is 32.7 Å². The van der Waals surface area contributed by atoms with Gasteiger partial charge in [0.2, 0.25) is 5.78 Å². The predicted molar refractivity (Wildman–Crippen MR) is 128 cm³/mol. The molecule has 0 radical (unpaired) electrons. The number of morpholine rings is 1. The van der Waals surface area contributed by atoms with Gasteiger partial charge in [0.05, 0.1) is 0 Å². The molecule has 3 aromatic rings. The molecule has 1 saturated heterocycles. The molecule has 1 aliphatic heterocycles. The fourth-order valence-corrected chi connectivity index (χ4v) is 5.51. The summed E-state index contributed by atoms with van der Waals surface area (Å²) in [6, 6.07) is 26.4. The number of carbonyl (C=O) groups is 2. The molecule has 0 saturated carbocycles. The highest BCUT2D eigenvalue weighted by Gasteiger charge is 2.57. The maximum atomic E-state index is 13.6. The second-order valence-electron chi connectivity index (χ2n) is 7.85. The molecular formula is C26H26NO7P. The Hall–Kier alpha value is -3.45. The number of hydrogen-bond donors (Lipinski definition) is 0. The van der Waals surface area contributed by atoms with Gasteiger partial charge in [-0.05, 0) is 16.7 Å². The minimum atomic E-state index is -4.14. The van der Waals surface area contributed by atoms with E-state index in [0.717, 1.165) is 24.7 Å². The third-order valence-corrected chi connectivity index (χ3v) is 7.87. The molecule has 1 aliphatic rings. The molecule has 8 nitrogen and oxygen atoms in total. The minimum absolute atomic E-state index is 0.0419. The normalized spacial score (nSPS) is 20.2. The molecule has 0 N–H and O–H groups in total. The van der Waals surface area contributed by atoms with E-state index >= 15 is 0 Å². The van der Waals surface area contributed by atoms with Crippen LogP contribution in [0.4, 0.5) is 4.79 Å². The van der Waals surface area contributed by atoms with Crippen LogP contribution in [0.25, 0.3) is 0 Å². The number of nitrogens with zero attached hydrogens (tertiary/aromatic N) is 1. The molecule has 3 aromatic carbocycles. The van der Waals surface area contributed by atoms with E-state index in [2.05, 4.69) is 0 Å². The quantitative estimate of drug-likeness (QED) is 0.317. The molecule has 1 amide bonds. The lowest BCUT2D eigenvalue weighted by atomic mass is 9.93. The topological polar surface area (TPSA) is 91.4 Å². The van der Waals surface area contributed by atoms with E-state index < -0.39 is 37.6 Å². The van der Waals surface area contributed by atoms with Crippen LogP contribution in [-0.2, 0) is 34.5 Å². The molecule has 0 spiro atoms. The van der Waals surface area contributed by atoms with Gasteiger partial charge in [0, 0.05) is 14.2 Å². The van der Waals surface area contributed by atoms with Crippen molar-refractivity contribution in [3.63, 3.8) is 0 Å². The van der Waals surface area contributed by atoms with E-state index in [-0.39, 0.29) is 6.61 Å². The van der Waals surface area contributed by atoms with Crippen molar-refractivity contribution >= 4 is 19.7 Å². The highest BCUT2D eigenvalue weighted by atomic mass is 31.2. The van der Waals surface area contributed by atoms with E-state index in [1.165, 1.54) is 0 Å². The first kappa shape index (κ1) is 24.7. The molecule has 182 valence electrons. The van der Waals surface area contributed by atoms with Crippen LogP contribution < -0.4 is 0 Å². The number of rotatable bonds is 7. The number of hydrogen-bond acceptors (Lipinski definition) is 7. The van der Waals surface area contributed by atoms with E-state index in [9.17, 15) is 14.2 Å². The summed E-state index contributed by atoms with van der Waals surface area (Å²) in [5.41, 5.74) is 2.09. The molecule has 0 bridgehead atoms. The van der Waals surface area contributed by atoms with Crippen molar-refractivity contribution in [3.05, 3.63) is 108 Å². The highest BCUT2D eigenvalue weighted by Crippen LogP contribution is 2.58. The summed E-state index contributed by atoms with van der Waals surface area (Å²) >= 11 is 0. The molecule has 35 heavy (non-hydrogen) atoms. The molecule has 3 atom stereocenters. The maximum absolute atomic E-state index is 13.6. The lowest BCUT2D eigenvalue weighted by Gasteiger charge is -2.45. The predicted octanol–water partition coefficient (Wildman–Crippen LogP) is 5.48. The van der Waals surface area contributed by atoms with Crippen molar-refractivity contribution in [1.29, 1.82) is 0 Å². The number of ether oxygens (including phenoxy) is 2. The zero-order valence-electron chi connectivity index (χ0n) is 19.4. The van der Waals surface area contributed by atoms with Gasteiger partial charge in [0.25, 0.3) is 0 Å². The van der Waals surface area contributed by atoms with Crippen LogP contribution in [0.3, 0.4) is 0 Å². The molecule has 1 unspecified atom stereocenters. The maximum Gasteiger partial charge on any atom is 0.412 e. The molecule has 0 aromatic heterocycles. The van der Waals surface area contributed by atoms with Crippen molar-refractivity contribution in [2.75, 3.05) is 14.2 Å². The molecule has 0 aliphatic carbocycles. The summed E-state index contributed by atoms with van der Waals surface area (Å²) in [7, 11) is -1.83. The van der Waals surface area contributed by atoms with Crippen LogP contribution >= 0.6 is 7.60 Å². The Balaban J connectivity index is 1.82. The Bertz CT molecular complexity index is 1180. The molecule has 9 heteroatoms. The van der Waals surface area contributed by atoms with Crippen molar-refractivity contribution in [2.45, 2.75) is 24.5 Å². The van der Waals surface area contributed by atoms with Gasteiger partial charge in [-0.3, -0.25) is 9.46 Å². The Morgan fingerprint density at radius 1 is 0.857 bits per heavy atom. The van der Waals surface area contributed by atoms with Crippen LogP contribution in [0.2, 0.25) is 0 Å². The fraction of sp³-hybridized carbons (Fsp3) is 0.231. The Morgan fingerprint density at radius 3 is 1.91 bits per heavy atom. The van der Waals surface area contributed by atoms with E-state index in [0.29, 0.717) is 11.1 Å². The Labute approximate surface area is 203 Å². The SMILES string of the molecule is COP(=O)(OC)C1C(=O)O[C@@H](c2ccccc2)[C@@H](c2ccccc2)N1C(=O)OCc1ccccc1. The van der Waals surface area contributed by atoms with Crippen LogP contribution in [0.5, 0.6) is 0 Å². The van der Waals surface area contributed by atoms with Gasteiger partial charge in [-0.1, -0.05) is 91.0 Å². The summed E-state index contributed by atoms with van der Waals surface area (Å²) in [6.07, 6.45) is -1.73. The molecule has 1 fully saturated rings. The van der Waals surface area contributed by atoms with E-state index in [1.807, 2.05) is 66.7 Å². The first-order valence-corrected chi connectivity index (χ1v) is 12.6. The van der Waals surface area contributed by atoms with Crippen LogP contribution in [0.1, 0.15) is 28.8 Å². The molecule has 1 heterocycles. The minimum Gasteiger partial charge on any atom is -0.453 e. The van der Waals surface area contributed by atoms with Crippen LogP contribution in [0.15, 0.2) is 91.0 Å². The smallest absolute Gasteiger partial charge is 0.412 e. The van der Waals surface area contributed by atoms with Gasteiger partial charge >= 0.3 is 19.7 Å². The van der Waals surface area contributed by atoms with Crippen LogP contribution in [-0.4, -0.2) is 37.0 Å². The molecular weight excluding hydrogens is 469 g/mol. The van der Waals surface area contributed by atoms with Crippen molar-refractivity contribution in [1.82, 2.24) is 4.90 Å². The summed E-state index contributed by atoms with van der Waals surface area (Å²) in [4.78, 5) is 28.1. The first-order valence-electron chi connectivity index (χ1n) is 11.0. The second kappa shape index (κ2) is 10.9. The van der Waals surface area contributed by atoms with Gasteiger partial charge in [-0.2, -0.15) is 0 Å². The first-order chi connectivity index (χ1) is 17.0. The average molecular weight is 495 g/mol. The lowest BCUT2D eigenvalue weighted by molar-refractivity contribution is -0.168. The highest BCUT2D eigenvalue weighted by molar-refractivity contribution is 7.55. The lowest BCUT2D eigenvalue weighted by Crippen LogP contribution is -2.54. The average Bonchev–Trinajstić information content (AvgIpc) is 2.92. The summed E-state index contributed by atoms with van der Waals surface area (Å²) in [5, 5.41) is 0. The monoisotopic (exact) mass is 495 g/mol. The van der Waals surface area contributed by atoms with Crippen LogP contribution in [0, 0.1) is 0 Å². The summed E-state index contributed by atoms with van der Waals surface area (Å²) in [5.74, 6) is -2.57. The Kier molecular flexibility index (Phi) is 7.66. The summed E-state index contributed by atoms with van der Waals surface area (Å²) < 4.78 is 35.3. The number of esters is 1. The number of cyclic esters (lactones) is 1. The van der Waals surface area contributed by atoms with Crippen molar-refractivity contribution in [2.24, 2.45) is 0 Å². The standard InChI is InChI=1S/C26H26NO7P/c1-31-35(30,32-2)24-25(28)34-23(21-16-10-5-11-17-21)22(20-14-8-4-9-15-20)27(24)26(29)33-18-19-12-6-3-7-13-19/h3-17,22-24H,18H2,1-2H3/t22-,23+,24?/m1/s1. The van der Waals surface area contributed by atoms with Gasteiger partial charge in [0.15, 0.2) is 6.10 Å². The number of benzene rings is 3. The largest absolute Gasteiger partial charge is 0.453 e. The van der Waals surface area contributed by atoms with E-state index in [1.54, 1.807) is 24.3 Å². The summed E-state index contributed by atoms with van der Waals surface area (Å²) in [6.45, 7) is -0.0419. The fourth-order valence-electron chi connectivity index (χ4n) is 4.10.